The lowest BCUT2D eigenvalue weighted by atomic mass is 10.2. The van der Waals surface area contributed by atoms with Crippen LogP contribution in [-0.4, -0.2) is 20.2 Å². The van der Waals surface area contributed by atoms with Crippen LogP contribution < -0.4 is 11.5 Å². The maximum absolute atomic E-state index is 5.65. The predicted octanol–water partition coefficient (Wildman–Crippen LogP) is 0.751. The number of aromatic nitrogens is 4. The predicted molar refractivity (Wildman–Crippen MR) is 56.9 cm³/mol. The summed E-state index contributed by atoms with van der Waals surface area (Å²) in [6, 6.07) is 3.36. The second-order valence-corrected chi connectivity index (χ2v) is 3.16. The van der Waals surface area contributed by atoms with Crippen molar-refractivity contribution in [2.45, 2.75) is 0 Å². The Labute approximate surface area is 90.3 Å². The van der Waals surface area contributed by atoms with Crippen molar-refractivity contribution >= 4 is 23.4 Å². The Balaban J connectivity index is 2.49. The van der Waals surface area contributed by atoms with Crippen LogP contribution in [0.3, 0.4) is 0 Å². The highest BCUT2D eigenvalue weighted by Crippen LogP contribution is 2.21. The maximum atomic E-state index is 5.65. The van der Waals surface area contributed by atoms with Crippen molar-refractivity contribution in [1.82, 2.24) is 20.2 Å². The van der Waals surface area contributed by atoms with Crippen molar-refractivity contribution in [2.75, 3.05) is 11.5 Å². The first-order chi connectivity index (χ1) is 7.16. The lowest BCUT2D eigenvalue weighted by Gasteiger charge is -2.02. The van der Waals surface area contributed by atoms with Gasteiger partial charge in [-0.3, -0.25) is 0 Å². The number of anilines is 2. The number of nitrogens with two attached hydrogens (primary N) is 2. The molecule has 0 spiro atoms. The molecule has 2 aromatic heterocycles. The molecule has 0 aliphatic carbocycles. The normalized spacial score (nSPS) is 10.2. The van der Waals surface area contributed by atoms with Crippen LogP contribution in [0.15, 0.2) is 18.3 Å². The van der Waals surface area contributed by atoms with Crippen LogP contribution >= 0.6 is 11.6 Å². The van der Waals surface area contributed by atoms with Crippen LogP contribution in [0.5, 0.6) is 0 Å². The number of nitrogens with zero attached hydrogens (tertiary/aromatic N) is 4. The summed E-state index contributed by atoms with van der Waals surface area (Å²) in [5.41, 5.74) is 12.1. The van der Waals surface area contributed by atoms with E-state index in [9.17, 15) is 0 Å². The van der Waals surface area contributed by atoms with Gasteiger partial charge in [0.25, 0.3) is 0 Å². The number of hydrogen-bond donors (Lipinski definition) is 2. The van der Waals surface area contributed by atoms with E-state index < -0.39 is 0 Å². The zero-order chi connectivity index (χ0) is 10.8. The molecule has 4 N–H and O–H groups in total. The molecule has 2 rings (SSSR count). The molecular weight excluding hydrogens is 216 g/mol. The summed E-state index contributed by atoms with van der Waals surface area (Å²) in [4.78, 5) is 7.70. The lowest BCUT2D eigenvalue weighted by molar-refractivity contribution is 0.998. The minimum Gasteiger partial charge on any atom is -0.382 e. The van der Waals surface area contributed by atoms with Crippen LogP contribution in [0.25, 0.3) is 11.3 Å². The van der Waals surface area contributed by atoms with Crippen molar-refractivity contribution in [3.63, 3.8) is 0 Å². The summed E-state index contributed by atoms with van der Waals surface area (Å²) in [7, 11) is 0. The van der Waals surface area contributed by atoms with Crippen molar-refractivity contribution < 1.29 is 0 Å². The standard InChI is InChI=1S/C8H7ClN6/c9-5-2-1-4(3-12-5)6-7(10)13-8(11)15-14-6/h1-3H,(H4,10,11,13,15). The number of hydrogen-bond acceptors (Lipinski definition) is 6. The third kappa shape index (κ3) is 1.94. The molecule has 2 aromatic rings. The lowest BCUT2D eigenvalue weighted by Crippen LogP contribution is -2.04. The Kier molecular flexibility index (Phi) is 2.34. The minimum absolute atomic E-state index is 0.0400. The maximum Gasteiger partial charge on any atom is 0.242 e. The molecule has 76 valence electrons. The molecule has 0 fully saturated rings. The third-order valence-corrected chi connectivity index (χ3v) is 1.95. The molecule has 0 bridgehead atoms. The van der Waals surface area contributed by atoms with E-state index in [-0.39, 0.29) is 11.8 Å². The van der Waals surface area contributed by atoms with E-state index in [1.54, 1.807) is 18.3 Å². The van der Waals surface area contributed by atoms with Crippen LogP contribution in [-0.2, 0) is 0 Å². The second kappa shape index (κ2) is 3.66. The van der Waals surface area contributed by atoms with Gasteiger partial charge in [-0.2, -0.15) is 4.98 Å². The minimum atomic E-state index is 0.0400. The molecule has 7 heteroatoms. The van der Waals surface area contributed by atoms with Crippen LogP contribution in [0.2, 0.25) is 5.15 Å². The van der Waals surface area contributed by atoms with Crippen molar-refractivity contribution in [3.05, 3.63) is 23.5 Å². The quantitative estimate of drug-likeness (QED) is 0.690. The molecule has 15 heavy (non-hydrogen) atoms. The molecule has 2 heterocycles. The van der Waals surface area contributed by atoms with Gasteiger partial charge >= 0.3 is 0 Å². The summed E-state index contributed by atoms with van der Waals surface area (Å²) in [5, 5.41) is 7.84. The van der Waals surface area contributed by atoms with Gasteiger partial charge in [-0.15, -0.1) is 10.2 Å². The van der Waals surface area contributed by atoms with Gasteiger partial charge in [0.05, 0.1) is 0 Å². The summed E-state index contributed by atoms with van der Waals surface area (Å²) in [5.74, 6) is 0.254. The topological polar surface area (TPSA) is 104 Å². The number of halogens is 1. The van der Waals surface area contributed by atoms with E-state index in [2.05, 4.69) is 20.2 Å². The van der Waals surface area contributed by atoms with Gasteiger partial charge in [-0.05, 0) is 12.1 Å². The van der Waals surface area contributed by atoms with Crippen molar-refractivity contribution in [2.24, 2.45) is 0 Å². The number of rotatable bonds is 1. The average Bonchev–Trinajstić information content (AvgIpc) is 2.20. The average molecular weight is 223 g/mol. The molecule has 0 aliphatic heterocycles. The Morgan fingerprint density at radius 2 is 1.93 bits per heavy atom. The van der Waals surface area contributed by atoms with Gasteiger partial charge in [0.15, 0.2) is 5.82 Å². The fourth-order valence-corrected chi connectivity index (χ4v) is 1.18. The molecule has 0 radical (unpaired) electrons. The third-order valence-electron chi connectivity index (χ3n) is 1.73. The van der Waals surface area contributed by atoms with Gasteiger partial charge < -0.3 is 11.5 Å². The molecule has 0 saturated heterocycles. The molecule has 0 unspecified atom stereocenters. The van der Waals surface area contributed by atoms with Gasteiger partial charge in [0.1, 0.15) is 10.8 Å². The monoisotopic (exact) mass is 222 g/mol. The van der Waals surface area contributed by atoms with Gasteiger partial charge in [0.2, 0.25) is 5.95 Å². The van der Waals surface area contributed by atoms with E-state index >= 15 is 0 Å². The van der Waals surface area contributed by atoms with Crippen LogP contribution in [0, 0.1) is 0 Å². The highest BCUT2D eigenvalue weighted by atomic mass is 35.5. The highest BCUT2D eigenvalue weighted by molar-refractivity contribution is 6.29. The SMILES string of the molecule is Nc1nnc(-c2ccc(Cl)nc2)c(N)n1. The van der Waals surface area contributed by atoms with E-state index in [1.807, 2.05) is 0 Å². The first-order valence-electron chi connectivity index (χ1n) is 4.04. The second-order valence-electron chi connectivity index (χ2n) is 2.77. The van der Waals surface area contributed by atoms with Crippen molar-refractivity contribution in [1.29, 1.82) is 0 Å². The van der Waals surface area contributed by atoms with E-state index in [1.165, 1.54) is 0 Å². The Hall–Kier alpha value is -1.95. The fourth-order valence-electron chi connectivity index (χ4n) is 1.07. The molecule has 0 atom stereocenters. The fraction of sp³-hybridized carbons (Fsp3) is 0. The van der Waals surface area contributed by atoms with E-state index in [0.29, 0.717) is 16.4 Å². The van der Waals surface area contributed by atoms with Gasteiger partial charge in [-0.25, -0.2) is 4.98 Å². The van der Waals surface area contributed by atoms with Gasteiger partial charge in [0, 0.05) is 11.8 Å². The molecule has 0 amide bonds. The first-order valence-corrected chi connectivity index (χ1v) is 4.42. The zero-order valence-electron chi connectivity index (χ0n) is 7.55. The smallest absolute Gasteiger partial charge is 0.242 e. The summed E-state index contributed by atoms with van der Waals surface area (Å²) in [6.07, 6.45) is 1.54. The molecule has 0 aromatic carbocycles. The molecule has 6 nitrogen and oxygen atoms in total. The Bertz CT molecular complexity index is 483. The number of nitrogen functional groups attached to an aromatic ring is 2. The largest absolute Gasteiger partial charge is 0.382 e. The van der Waals surface area contributed by atoms with Crippen molar-refractivity contribution in [3.8, 4) is 11.3 Å². The molecular formula is C8H7ClN6. The highest BCUT2D eigenvalue weighted by Gasteiger charge is 2.07. The van der Waals surface area contributed by atoms with Crippen LogP contribution in [0.1, 0.15) is 0 Å². The molecule has 0 saturated carbocycles. The Morgan fingerprint density at radius 3 is 2.53 bits per heavy atom. The summed E-state index contributed by atoms with van der Waals surface area (Å²) >= 11 is 5.65. The van der Waals surface area contributed by atoms with E-state index in [4.69, 9.17) is 23.1 Å². The number of pyridine rings is 1. The van der Waals surface area contributed by atoms with Crippen LogP contribution in [0.4, 0.5) is 11.8 Å². The molecule has 0 aliphatic rings. The summed E-state index contributed by atoms with van der Waals surface area (Å²) in [6.45, 7) is 0. The summed E-state index contributed by atoms with van der Waals surface area (Å²) < 4.78 is 0. The first kappa shape index (κ1) is 9.60. The Morgan fingerprint density at radius 1 is 1.13 bits per heavy atom. The van der Waals surface area contributed by atoms with Gasteiger partial charge in [-0.1, -0.05) is 11.6 Å². The zero-order valence-corrected chi connectivity index (χ0v) is 8.31. The van der Waals surface area contributed by atoms with E-state index in [0.717, 1.165) is 0 Å².